The Bertz CT molecular complexity index is 258. The molecule has 0 heterocycles. The van der Waals surface area contributed by atoms with Crippen molar-refractivity contribution in [1.29, 1.82) is 16.1 Å². The van der Waals surface area contributed by atoms with Crippen LogP contribution in [0.15, 0.2) is 10.1 Å². The molecule has 0 amide bonds. The van der Waals surface area contributed by atoms with Crippen molar-refractivity contribution >= 4 is 18.6 Å². The summed E-state index contributed by atoms with van der Waals surface area (Å²) >= 11 is 3.88. The highest BCUT2D eigenvalue weighted by atomic mass is 32.1. The summed E-state index contributed by atoms with van der Waals surface area (Å²) in [6, 6.07) is 0. The monoisotopic (exact) mass is 182 g/mol. The SMILES string of the molecule is N#CN=C(N=N)N(C#N)CCS. The molecule has 62 valence electrons. The quantitative estimate of drug-likeness (QED) is 0.163. The highest BCUT2D eigenvalue weighted by Crippen LogP contribution is 1.92. The van der Waals surface area contributed by atoms with Crippen LogP contribution in [0.5, 0.6) is 0 Å². The normalized spacial score (nSPS) is 9.75. The van der Waals surface area contributed by atoms with Gasteiger partial charge in [0.1, 0.15) is 0 Å². The van der Waals surface area contributed by atoms with E-state index in [1.807, 2.05) is 0 Å². The number of rotatable bonds is 2. The van der Waals surface area contributed by atoms with Crippen LogP contribution in [-0.4, -0.2) is 23.2 Å². The van der Waals surface area contributed by atoms with Gasteiger partial charge in [0.15, 0.2) is 6.19 Å². The molecule has 0 aromatic heterocycles. The molecule has 0 aromatic carbocycles. The molecule has 0 saturated carbocycles. The van der Waals surface area contributed by atoms with Gasteiger partial charge in [-0.2, -0.15) is 23.2 Å². The lowest BCUT2D eigenvalue weighted by Crippen LogP contribution is -2.26. The minimum absolute atomic E-state index is 0.214. The van der Waals surface area contributed by atoms with Gasteiger partial charge in [0, 0.05) is 12.3 Å². The Kier molecular flexibility index (Phi) is 5.31. The van der Waals surface area contributed by atoms with Crippen LogP contribution in [0, 0.1) is 28.4 Å². The van der Waals surface area contributed by atoms with Crippen molar-refractivity contribution < 1.29 is 0 Å². The van der Waals surface area contributed by atoms with E-state index in [9.17, 15) is 0 Å². The predicted molar refractivity (Wildman–Crippen MR) is 44.4 cm³/mol. The minimum atomic E-state index is -0.214. The van der Waals surface area contributed by atoms with Gasteiger partial charge in [-0.3, -0.25) is 0 Å². The van der Waals surface area contributed by atoms with Crippen molar-refractivity contribution in [3.05, 3.63) is 0 Å². The third-order valence-corrected chi connectivity index (χ3v) is 1.14. The lowest BCUT2D eigenvalue weighted by Gasteiger charge is -2.09. The number of nitrogens with zero attached hydrogens (tertiary/aromatic N) is 5. The molecular weight excluding hydrogens is 176 g/mol. The summed E-state index contributed by atoms with van der Waals surface area (Å²) in [6.07, 6.45) is 3.18. The van der Waals surface area contributed by atoms with Crippen molar-refractivity contribution in [2.45, 2.75) is 0 Å². The number of nitrogens with one attached hydrogen (secondary N) is 1. The van der Waals surface area contributed by atoms with E-state index >= 15 is 0 Å². The predicted octanol–water partition coefficient (Wildman–Crippen LogP) is 0.567. The summed E-state index contributed by atoms with van der Waals surface area (Å²) in [5.74, 6) is 0.210. The molecule has 0 aromatic rings. The number of aliphatic imine (C=N–C) groups is 1. The largest absolute Gasteiger partial charge is 0.268 e. The smallest absolute Gasteiger partial charge is 0.244 e. The topological polar surface area (TPSA) is 99.4 Å². The average Bonchev–Trinajstić information content (AvgIpc) is 2.11. The van der Waals surface area contributed by atoms with Crippen molar-refractivity contribution in [1.82, 2.24) is 4.90 Å². The second-order valence-corrected chi connectivity index (χ2v) is 2.05. The summed E-state index contributed by atoms with van der Waals surface area (Å²) < 4.78 is 0. The van der Waals surface area contributed by atoms with Crippen LogP contribution in [0.4, 0.5) is 0 Å². The van der Waals surface area contributed by atoms with Gasteiger partial charge in [-0.05, 0) is 0 Å². The van der Waals surface area contributed by atoms with E-state index in [1.54, 1.807) is 6.19 Å². The highest BCUT2D eigenvalue weighted by Gasteiger charge is 2.07. The first kappa shape index (κ1) is 10.4. The number of thiol groups is 1. The van der Waals surface area contributed by atoms with Crippen LogP contribution < -0.4 is 0 Å². The van der Waals surface area contributed by atoms with E-state index in [2.05, 4.69) is 22.7 Å². The molecule has 0 atom stereocenters. The maximum Gasteiger partial charge on any atom is 0.268 e. The van der Waals surface area contributed by atoms with Crippen LogP contribution in [0.3, 0.4) is 0 Å². The van der Waals surface area contributed by atoms with Crippen LogP contribution in [0.25, 0.3) is 0 Å². The zero-order valence-corrected chi connectivity index (χ0v) is 6.99. The Labute approximate surface area is 75.0 Å². The highest BCUT2D eigenvalue weighted by molar-refractivity contribution is 7.80. The minimum Gasteiger partial charge on any atom is -0.244 e. The Morgan fingerprint density at radius 3 is 2.58 bits per heavy atom. The van der Waals surface area contributed by atoms with Crippen LogP contribution in [-0.2, 0) is 0 Å². The van der Waals surface area contributed by atoms with E-state index in [4.69, 9.17) is 16.1 Å². The van der Waals surface area contributed by atoms with Gasteiger partial charge >= 0.3 is 0 Å². The summed E-state index contributed by atoms with van der Waals surface area (Å²) in [4.78, 5) is 4.19. The Hall–Kier alpha value is -1.60. The first-order chi connectivity index (χ1) is 5.79. The molecule has 0 aliphatic carbocycles. The Morgan fingerprint density at radius 1 is 1.58 bits per heavy atom. The summed E-state index contributed by atoms with van der Waals surface area (Å²) in [5, 5.41) is 19.6. The van der Waals surface area contributed by atoms with Crippen LogP contribution >= 0.6 is 12.6 Å². The second kappa shape index (κ2) is 6.13. The molecule has 12 heavy (non-hydrogen) atoms. The van der Waals surface area contributed by atoms with E-state index in [0.29, 0.717) is 5.75 Å². The fraction of sp³-hybridized carbons (Fsp3) is 0.400. The van der Waals surface area contributed by atoms with Crippen molar-refractivity contribution in [3.63, 3.8) is 0 Å². The summed E-state index contributed by atoms with van der Waals surface area (Å²) in [5.41, 5.74) is 6.60. The van der Waals surface area contributed by atoms with Gasteiger partial charge in [0.05, 0.1) is 0 Å². The van der Waals surface area contributed by atoms with Gasteiger partial charge in [0.25, 0.3) is 5.96 Å². The van der Waals surface area contributed by atoms with Gasteiger partial charge in [-0.15, -0.1) is 10.1 Å². The molecule has 0 rings (SSSR count). The maximum absolute atomic E-state index is 8.49. The molecule has 0 aliphatic heterocycles. The van der Waals surface area contributed by atoms with Gasteiger partial charge in [-0.25, -0.2) is 10.4 Å². The lowest BCUT2D eigenvalue weighted by atomic mass is 10.6. The van der Waals surface area contributed by atoms with Crippen LogP contribution in [0.1, 0.15) is 0 Å². The van der Waals surface area contributed by atoms with Gasteiger partial charge in [-0.1, -0.05) is 0 Å². The third-order valence-electron chi connectivity index (χ3n) is 0.936. The molecule has 0 bridgehead atoms. The molecule has 0 unspecified atom stereocenters. The Morgan fingerprint density at radius 2 is 2.25 bits per heavy atom. The van der Waals surface area contributed by atoms with Crippen molar-refractivity contribution in [2.24, 2.45) is 10.1 Å². The summed E-state index contributed by atoms with van der Waals surface area (Å²) in [6.45, 7) is 0.280. The molecular formula is C5H6N6S. The van der Waals surface area contributed by atoms with E-state index < -0.39 is 0 Å². The third kappa shape index (κ3) is 2.99. The zero-order valence-electron chi connectivity index (χ0n) is 6.10. The van der Waals surface area contributed by atoms with Crippen molar-refractivity contribution in [3.8, 4) is 12.4 Å². The number of hydrogen-bond acceptors (Lipinski definition) is 5. The van der Waals surface area contributed by atoms with E-state index in [0.717, 1.165) is 4.90 Å². The number of guanidine groups is 1. The number of nitriles is 2. The first-order valence-electron chi connectivity index (χ1n) is 2.92. The fourth-order valence-corrected chi connectivity index (χ4v) is 0.685. The average molecular weight is 182 g/mol. The molecule has 0 fully saturated rings. The zero-order chi connectivity index (χ0) is 9.40. The van der Waals surface area contributed by atoms with Gasteiger partial charge in [0.2, 0.25) is 6.19 Å². The van der Waals surface area contributed by atoms with E-state index in [1.165, 1.54) is 6.19 Å². The fourth-order valence-electron chi connectivity index (χ4n) is 0.485. The molecule has 0 aliphatic rings. The molecule has 7 heteroatoms. The molecule has 0 spiro atoms. The first-order valence-corrected chi connectivity index (χ1v) is 3.55. The van der Waals surface area contributed by atoms with Crippen molar-refractivity contribution in [2.75, 3.05) is 12.3 Å². The molecule has 1 N–H and O–H groups in total. The maximum atomic E-state index is 8.49. The molecule has 6 nitrogen and oxygen atoms in total. The van der Waals surface area contributed by atoms with Crippen LogP contribution in [0.2, 0.25) is 0 Å². The van der Waals surface area contributed by atoms with Gasteiger partial charge < -0.3 is 0 Å². The standard InChI is InChI=1S/C5H6N6S/c6-3-9-5(10-8)11(4-7)1-2-12/h8,12H,1-2H2. The molecule has 0 radical (unpaired) electrons. The Balaban J connectivity index is 4.49. The lowest BCUT2D eigenvalue weighted by molar-refractivity contribution is 0.602. The second-order valence-electron chi connectivity index (χ2n) is 1.60. The molecule has 0 saturated heterocycles. The summed E-state index contributed by atoms with van der Waals surface area (Å²) in [7, 11) is 0. The number of hydrogen-bond donors (Lipinski definition) is 2. The van der Waals surface area contributed by atoms with E-state index in [-0.39, 0.29) is 12.5 Å².